The Bertz CT molecular complexity index is 607. The minimum absolute atomic E-state index is 0.262. The summed E-state index contributed by atoms with van der Waals surface area (Å²) in [6.45, 7) is 4.60. The number of halogens is 2. The van der Waals surface area contributed by atoms with Crippen LogP contribution in [-0.2, 0) is 5.41 Å². The van der Waals surface area contributed by atoms with Crippen molar-refractivity contribution in [1.82, 2.24) is 9.88 Å². The first kappa shape index (κ1) is 16.4. The lowest BCUT2D eigenvalue weighted by Crippen LogP contribution is -2.54. The van der Waals surface area contributed by atoms with E-state index >= 15 is 0 Å². The van der Waals surface area contributed by atoms with Crippen LogP contribution in [0.25, 0.3) is 0 Å². The van der Waals surface area contributed by atoms with E-state index in [-0.39, 0.29) is 5.41 Å². The van der Waals surface area contributed by atoms with Crippen LogP contribution in [0.1, 0.15) is 31.2 Å². The first-order valence-corrected chi connectivity index (χ1v) is 9.00. The Balaban J connectivity index is 1.95. The zero-order chi connectivity index (χ0) is 15.9. The summed E-state index contributed by atoms with van der Waals surface area (Å²) < 4.78 is 0.963. The molecule has 3 heterocycles. The Morgan fingerprint density at radius 1 is 1.45 bits per heavy atom. The number of fused-ring (bicyclic) bond motifs is 2. The normalized spacial score (nSPS) is 31.2. The van der Waals surface area contributed by atoms with Crippen LogP contribution in [-0.4, -0.2) is 33.5 Å². The summed E-state index contributed by atoms with van der Waals surface area (Å²) in [6, 6.07) is 3.01. The van der Waals surface area contributed by atoms with Gasteiger partial charge in [-0.25, -0.2) is 0 Å². The van der Waals surface area contributed by atoms with Gasteiger partial charge in [0.05, 0.1) is 4.99 Å². The zero-order valence-electron chi connectivity index (χ0n) is 12.3. The highest BCUT2D eigenvalue weighted by atomic mass is 79.9. The Morgan fingerprint density at radius 3 is 2.59 bits per heavy atom. The quantitative estimate of drug-likeness (QED) is 0.782. The van der Waals surface area contributed by atoms with Crippen molar-refractivity contribution in [3.63, 3.8) is 0 Å². The minimum atomic E-state index is -0.262. The van der Waals surface area contributed by atoms with Crippen molar-refractivity contribution in [1.29, 1.82) is 0 Å². The molecule has 3 nitrogen and oxygen atoms in total. The van der Waals surface area contributed by atoms with Crippen LogP contribution in [0.3, 0.4) is 0 Å². The lowest BCUT2D eigenvalue weighted by molar-refractivity contribution is 0.122. The Kier molecular flexibility index (Phi) is 4.61. The first-order valence-electron chi connectivity index (χ1n) is 7.42. The number of nitrogens with two attached hydrogens (primary N) is 1. The molecule has 2 fully saturated rings. The molecule has 2 aliphatic heterocycles. The maximum absolute atomic E-state index is 6.21. The van der Waals surface area contributed by atoms with E-state index in [1.807, 2.05) is 6.20 Å². The number of hydrogen-bond donors (Lipinski definition) is 1. The fourth-order valence-corrected chi connectivity index (χ4v) is 4.84. The maximum Gasteiger partial charge on any atom is 0.0836 e. The molecule has 0 saturated carbocycles. The molecule has 0 radical (unpaired) electrons. The SMILES string of the molecule is C=C(Cl)CN1C2CCC1CC(C(N)=S)(c1cncc(Br)c1)C2. The molecular weight excluding hydrogens is 382 g/mol. The van der Waals surface area contributed by atoms with Gasteiger partial charge in [-0.05, 0) is 53.2 Å². The molecule has 6 heteroatoms. The second-order valence-corrected chi connectivity index (χ2v) is 8.21. The third-order valence-electron chi connectivity index (χ3n) is 5.02. The van der Waals surface area contributed by atoms with Gasteiger partial charge in [0, 0.05) is 45.9 Å². The Morgan fingerprint density at radius 2 is 2.09 bits per heavy atom. The standard InChI is InChI=1S/C16H19BrClN3S/c1-10(18)9-21-13-2-3-14(21)6-16(5-13,15(19)22)11-4-12(17)8-20-7-11/h4,7-8,13-14H,1-3,5-6,9H2,(H2,19,22). The minimum Gasteiger partial charge on any atom is -0.393 e. The van der Waals surface area contributed by atoms with E-state index in [2.05, 4.69) is 38.5 Å². The molecular formula is C16H19BrClN3S. The Labute approximate surface area is 150 Å². The highest BCUT2D eigenvalue weighted by molar-refractivity contribution is 9.10. The van der Waals surface area contributed by atoms with E-state index in [1.54, 1.807) is 6.20 Å². The summed E-state index contributed by atoms with van der Waals surface area (Å²) >= 11 is 15.0. The fraction of sp³-hybridized carbons (Fsp3) is 0.500. The summed E-state index contributed by atoms with van der Waals surface area (Å²) in [7, 11) is 0. The summed E-state index contributed by atoms with van der Waals surface area (Å²) in [5.41, 5.74) is 7.07. The highest BCUT2D eigenvalue weighted by Gasteiger charge is 2.50. The van der Waals surface area contributed by atoms with Crippen LogP contribution >= 0.6 is 39.7 Å². The van der Waals surface area contributed by atoms with Crippen molar-refractivity contribution < 1.29 is 0 Å². The maximum atomic E-state index is 6.21. The first-order chi connectivity index (χ1) is 10.4. The number of thiocarbonyl (C=S) groups is 1. The van der Waals surface area contributed by atoms with Crippen molar-refractivity contribution in [2.45, 2.75) is 43.2 Å². The van der Waals surface area contributed by atoms with Gasteiger partial charge in [-0.15, -0.1) is 0 Å². The molecule has 1 aromatic heterocycles. The molecule has 2 bridgehead atoms. The topological polar surface area (TPSA) is 42.1 Å². The number of rotatable bonds is 4. The molecule has 2 atom stereocenters. The van der Waals surface area contributed by atoms with Crippen molar-refractivity contribution >= 4 is 44.7 Å². The molecule has 0 spiro atoms. The van der Waals surface area contributed by atoms with E-state index < -0.39 is 0 Å². The molecule has 0 aromatic carbocycles. The third-order valence-corrected chi connectivity index (χ3v) is 5.97. The van der Waals surface area contributed by atoms with Gasteiger partial charge in [0.1, 0.15) is 0 Å². The molecule has 0 aliphatic carbocycles. The van der Waals surface area contributed by atoms with Gasteiger partial charge in [0.15, 0.2) is 0 Å². The van der Waals surface area contributed by atoms with Gasteiger partial charge in [-0.3, -0.25) is 9.88 Å². The van der Waals surface area contributed by atoms with Gasteiger partial charge in [-0.2, -0.15) is 0 Å². The zero-order valence-corrected chi connectivity index (χ0v) is 15.4. The van der Waals surface area contributed by atoms with Crippen LogP contribution in [0.5, 0.6) is 0 Å². The molecule has 0 amide bonds. The average Bonchev–Trinajstić information content (AvgIpc) is 2.70. The molecule has 22 heavy (non-hydrogen) atoms. The van der Waals surface area contributed by atoms with Crippen LogP contribution < -0.4 is 5.73 Å². The number of pyridine rings is 1. The Hall–Kier alpha value is -0.490. The van der Waals surface area contributed by atoms with Crippen LogP contribution in [0, 0.1) is 0 Å². The second-order valence-electron chi connectivity index (χ2n) is 6.32. The molecule has 2 aliphatic rings. The van der Waals surface area contributed by atoms with Gasteiger partial charge in [0.2, 0.25) is 0 Å². The van der Waals surface area contributed by atoms with E-state index in [0.29, 0.717) is 22.1 Å². The lowest BCUT2D eigenvalue weighted by Gasteiger charge is -2.46. The molecule has 2 unspecified atom stereocenters. The smallest absolute Gasteiger partial charge is 0.0836 e. The number of nitrogens with zero attached hydrogens (tertiary/aromatic N) is 2. The van der Waals surface area contributed by atoms with Crippen LogP contribution in [0.2, 0.25) is 0 Å². The molecule has 2 N–H and O–H groups in total. The number of hydrogen-bond acceptors (Lipinski definition) is 3. The second kappa shape index (κ2) is 6.19. The average molecular weight is 401 g/mol. The third kappa shape index (κ3) is 2.84. The van der Waals surface area contributed by atoms with Gasteiger partial charge in [0.25, 0.3) is 0 Å². The van der Waals surface area contributed by atoms with Crippen LogP contribution in [0.15, 0.2) is 34.5 Å². The van der Waals surface area contributed by atoms with E-state index in [9.17, 15) is 0 Å². The van der Waals surface area contributed by atoms with Crippen molar-refractivity contribution in [2.75, 3.05) is 6.54 Å². The fourth-order valence-electron chi connectivity index (χ4n) is 4.05. The molecule has 118 valence electrons. The van der Waals surface area contributed by atoms with Crippen LogP contribution in [0.4, 0.5) is 0 Å². The lowest BCUT2D eigenvalue weighted by atomic mass is 9.70. The van der Waals surface area contributed by atoms with E-state index in [0.717, 1.165) is 29.4 Å². The summed E-state index contributed by atoms with van der Waals surface area (Å²) in [5, 5.41) is 0.698. The van der Waals surface area contributed by atoms with Gasteiger partial charge >= 0.3 is 0 Å². The summed E-state index contributed by atoms with van der Waals surface area (Å²) in [4.78, 5) is 7.36. The van der Waals surface area contributed by atoms with E-state index in [4.69, 9.17) is 29.6 Å². The summed E-state index contributed by atoms with van der Waals surface area (Å²) in [6.07, 6.45) is 7.89. The molecule has 1 aromatic rings. The van der Waals surface area contributed by atoms with Crippen molar-refractivity contribution in [3.05, 3.63) is 40.1 Å². The number of aromatic nitrogens is 1. The monoisotopic (exact) mass is 399 g/mol. The van der Waals surface area contributed by atoms with Gasteiger partial charge < -0.3 is 5.73 Å². The van der Waals surface area contributed by atoms with Crippen molar-refractivity contribution in [3.8, 4) is 0 Å². The van der Waals surface area contributed by atoms with Gasteiger partial charge in [-0.1, -0.05) is 30.4 Å². The van der Waals surface area contributed by atoms with E-state index in [1.165, 1.54) is 12.8 Å². The molecule has 2 saturated heterocycles. The largest absolute Gasteiger partial charge is 0.393 e. The summed E-state index contributed by atoms with van der Waals surface area (Å²) in [5.74, 6) is 0. The predicted octanol–water partition coefficient (Wildman–Crippen LogP) is 3.75. The van der Waals surface area contributed by atoms with Crippen molar-refractivity contribution in [2.24, 2.45) is 5.73 Å². The predicted molar refractivity (Wildman–Crippen MR) is 98.1 cm³/mol. The molecule has 3 rings (SSSR count). The number of piperidine rings is 1. The highest BCUT2D eigenvalue weighted by Crippen LogP contribution is 2.47.